The first kappa shape index (κ1) is 26.1. The van der Waals surface area contributed by atoms with Crippen molar-refractivity contribution in [2.75, 3.05) is 4.72 Å². The maximum Gasteiger partial charge on any atom is 0.419 e. The van der Waals surface area contributed by atoms with Gasteiger partial charge in [0.1, 0.15) is 29.8 Å². The molecule has 1 N–H and O–H groups in total. The summed E-state index contributed by atoms with van der Waals surface area (Å²) in [5, 5.41) is 11.6. The van der Waals surface area contributed by atoms with Crippen molar-refractivity contribution in [3.63, 3.8) is 0 Å². The first-order valence-corrected chi connectivity index (χ1v) is 12.7. The zero-order chi connectivity index (χ0) is 27.4. The third-order valence-electron chi connectivity index (χ3n) is 5.31. The number of ether oxygens (including phenoxy) is 1. The SMILES string of the molecule is N#Cc1cc(SNc2cscn2)ccc1Oc1cnc(-c2ccc(C(F)(F)F)c(F)c2)cc1-c1cncnc1. The Labute approximate surface area is 227 Å². The van der Waals surface area contributed by atoms with Crippen LogP contribution in [0.5, 0.6) is 11.5 Å². The molecule has 3 heterocycles. The van der Waals surface area contributed by atoms with Crippen molar-refractivity contribution >= 4 is 29.1 Å². The van der Waals surface area contributed by atoms with E-state index in [1.807, 2.05) is 5.38 Å². The predicted octanol–water partition coefficient (Wildman–Crippen LogP) is 7.60. The fourth-order valence-electron chi connectivity index (χ4n) is 3.49. The number of hydrogen-bond donors (Lipinski definition) is 1. The van der Waals surface area contributed by atoms with Crippen LogP contribution in [-0.2, 0) is 6.18 Å². The monoisotopic (exact) mass is 566 g/mol. The second-order valence-corrected chi connectivity index (χ2v) is 9.43. The van der Waals surface area contributed by atoms with Gasteiger partial charge in [-0.2, -0.15) is 18.4 Å². The largest absolute Gasteiger partial charge is 0.454 e. The average Bonchev–Trinajstić information content (AvgIpc) is 3.46. The van der Waals surface area contributed by atoms with Gasteiger partial charge in [-0.05, 0) is 48.3 Å². The van der Waals surface area contributed by atoms with Gasteiger partial charge in [0.05, 0.1) is 28.5 Å². The molecule has 0 spiro atoms. The number of hydrogen-bond acceptors (Lipinski definition) is 9. The van der Waals surface area contributed by atoms with Gasteiger partial charge in [-0.1, -0.05) is 6.07 Å². The van der Waals surface area contributed by atoms with Crippen LogP contribution in [0.15, 0.2) is 83.2 Å². The van der Waals surface area contributed by atoms with E-state index in [9.17, 15) is 22.8 Å². The number of halogens is 4. The summed E-state index contributed by atoms with van der Waals surface area (Å²) in [5.74, 6) is -0.229. The van der Waals surface area contributed by atoms with Crippen LogP contribution in [0.3, 0.4) is 0 Å². The number of nitrogens with zero attached hydrogens (tertiary/aromatic N) is 5. The molecular weight excluding hydrogens is 552 g/mol. The molecule has 3 aromatic heterocycles. The van der Waals surface area contributed by atoms with E-state index >= 15 is 0 Å². The molecule has 0 amide bonds. The van der Waals surface area contributed by atoms with Crippen LogP contribution >= 0.6 is 23.3 Å². The Kier molecular flexibility index (Phi) is 7.40. The average molecular weight is 567 g/mol. The van der Waals surface area contributed by atoms with Gasteiger partial charge >= 0.3 is 6.18 Å². The molecule has 5 rings (SSSR count). The molecule has 0 radical (unpaired) electrons. The summed E-state index contributed by atoms with van der Waals surface area (Å²) >= 11 is 2.73. The summed E-state index contributed by atoms with van der Waals surface area (Å²) in [5.41, 5.74) is 1.88. The van der Waals surface area contributed by atoms with Crippen LogP contribution in [0, 0.1) is 17.1 Å². The summed E-state index contributed by atoms with van der Waals surface area (Å²) in [6, 6.07) is 11.3. The first-order valence-electron chi connectivity index (χ1n) is 11.0. The van der Waals surface area contributed by atoms with Crippen LogP contribution in [0.25, 0.3) is 22.4 Å². The van der Waals surface area contributed by atoms with Crippen molar-refractivity contribution in [3.05, 3.63) is 95.2 Å². The highest BCUT2D eigenvalue weighted by Crippen LogP contribution is 2.38. The molecule has 0 unspecified atom stereocenters. The Morgan fingerprint density at radius 3 is 2.46 bits per heavy atom. The number of anilines is 1. The Hall–Kier alpha value is -4.54. The number of aromatic nitrogens is 4. The van der Waals surface area contributed by atoms with Crippen molar-refractivity contribution in [3.8, 4) is 40.0 Å². The number of alkyl halides is 3. The number of nitriles is 1. The zero-order valence-electron chi connectivity index (χ0n) is 19.5. The molecule has 194 valence electrons. The van der Waals surface area contributed by atoms with Crippen molar-refractivity contribution in [1.29, 1.82) is 5.26 Å². The molecule has 0 aliphatic carbocycles. The molecule has 0 saturated heterocycles. The maximum absolute atomic E-state index is 14.2. The van der Waals surface area contributed by atoms with Gasteiger partial charge in [-0.3, -0.25) is 4.98 Å². The molecule has 39 heavy (non-hydrogen) atoms. The molecule has 0 atom stereocenters. The van der Waals surface area contributed by atoms with Gasteiger partial charge in [0, 0.05) is 39.4 Å². The summed E-state index contributed by atoms with van der Waals surface area (Å²) < 4.78 is 62.4. The number of rotatable bonds is 7. The molecule has 2 aromatic carbocycles. The number of thiazole rings is 1. The van der Waals surface area contributed by atoms with E-state index in [2.05, 4.69) is 30.7 Å². The lowest BCUT2D eigenvalue weighted by Crippen LogP contribution is -2.08. The van der Waals surface area contributed by atoms with Gasteiger partial charge in [-0.15, -0.1) is 11.3 Å². The van der Waals surface area contributed by atoms with E-state index in [1.165, 1.54) is 54.3 Å². The van der Waals surface area contributed by atoms with Crippen LogP contribution in [0.2, 0.25) is 0 Å². The predicted molar refractivity (Wildman–Crippen MR) is 138 cm³/mol. The third kappa shape index (κ3) is 5.97. The fourth-order valence-corrected chi connectivity index (χ4v) is 4.70. The smallest absolute Gasteiger partial charge is 0.419 e. The Morgan fingerprint density at radius 2 is 1.77 bits per heavy atom. The summed E-state index contributed by atoms with van der Waals surface area (Å²) in [6.07, 6.45) is 0.897. The highest BCUT2D eigenvalue weighted by molar-refractivity contribution is 8.00. The van der Waals surface area contributed by atoms with Crippen LogP contribution in [0.1, 0.15) is 11.1 Å². The maximum atomic E-state index is 14.2. The Bertz CT molecular complexity index is 1660. The number of nitrogens with one attached hydrogen (secondary N) is 1. The van der Waals surface area contributed by atoms with Gasteiger partial charge in [0.2, 0.25) is 0 Å². The Morgan fingerprint density at radius 1 is 0.949 bits per heavy atom. The fraction of sp³-hybridized carbons (Fsp3) is 0.0385. The lowest BCUT2D eigenvalue weighted by atomic mass is 10.0. The molecule has 0 aliphatic heterocycles. The Balaban J connectivity index is 1.48. The zero-order valence-corrected chi connectivity index (χ0v) is 21.1. The highest BCUT2D eigenvalue weighted by Gasteiger charge is 2.34. The van der Waals surface area contributed by atoms with Crippen LogP contribution in [-0.4, -0.2) is 19.9 Å². The first-order chi connectivity index (χ1) is 18.8. The molecule has 13 heteroatoms. The van der Waals surface area contributed by atoms with Gasteiger partial charge in [0.25, 0.3) is 0 Å². The summed E-state index contributed by atoms with van der Waals surface area (Å²) in [7, 11) is 0. The van der Waals surface area contributed by atoms with Crippen LogP contribution < -0.4 is 9.46 Å². The van der Waals surface area contributed by atoms with Gasteiger partial charge in [-0.25, -0.2) is 19.3 Å². The van der Waals surface area contributed by atoms with Crippen molar-refractivity contribution in [1.82, 2.24) is 19.9 Å². The molecule has 0 fully saturated rings. The van der Waals surface area contributed by atoms with E-state index in [4.69, 9.17) is 4.74 Å². The normalized spacial score (nSPS) is 11.2. The standard InChI is InChI=1S/C26H14F4N6OS2/c27-21-6-15(1-3-20(21)26(28,29)30)22-7-19(17-9-32-13-33-10-17)24(11-34-22)37-23-4-2-18(5-16(23)8-31)39-36-25-12-38-14-35-25/h1-7,9-14,36H. The van der Waals surface area contributed by atoms with Gasteiger partial charge in [0.15, 0.2) is 5.75 Å². The van der Waals surface area contributed by atoms with Crippen molar-refractivity contribution in [2.45, 2.75) is 11.1 Å². The summed E-state index contributed by atoms with van der Waals surface area (Å²) in [6.45, 7) is 0. The lowest BCUT2D eigenvalue weighted by molar-refractivity contribution is -0.139. The molecule has 5 aromatic rings. The topological polar surface area (TPSA) is 96.6 Å². The molecule has 7 nitrogen and oxygen atoms in total. The second-order valence-electron chi connectivity index (χ2n) is 7.83. The van der Waals surface area contributed by atoms with Gasteiger partial charge < -0.3 is 9.46 Å². The van der Waals surface area contributed by atoms with E-state index in [0.717, 1.165) is 17.0 Å². The van der Waals surface area contributed by atoms with E-state index in [-0.39, 0.29) is 28.3 Å². The molecular formula is C26H14F4N6OS2. The molecule has 0 aliphatic rings. The molecule has 0 saturated carbocycles. The minimum absolute atomic E-state index is 0.136. The second kappa shape index (κ2) is 11.1. The third-order valence-corrected chi connectivity index (χ3v) is 6.69. The van der Waals surface area contributed by atoms with E-state index < -0.39 is 17.6 Å². The quantitative estimate of drug-likeness (QED) is 0.159. The van der Waals surface area contributed by atoms with E-state index in [0.29, 0.717) is 23.0 Å². The van der Waals surface area contributed by atoms with Crippen LogP contribution in [0.4, 0.5) is 23.4 Å². The van der Waals surface area contributed by atoms with E-state index in [1.54, 1.807) is 23.7 Å². The van der Waals surface area contributed by atoms with Crippen molar-refractivity contribution < 1.29 is 22.3 Å². The number of pyridine rings is 1. The summed E-state index contributed by atoms with van der Waals surface area (Å²) in [4.78, 5) is 17.2. The highest BCUT2D eigenvalue weighted by atomic mass is 32.2. The van der Waals surface area contributed by atoms with Crippen molar-refractivity contribution in [2.24, 2.45) is 0 Å². The molecule has 0 bridgehead atoms. The lowest BCUT2D eigenvalue weighted by Gasteiger charge is -2.14. The minimum atomic E-state index is -4.82. The minimum Gasteiger partial charge on any atom is -0.454 e. The number of benzene rings is 2.